The molecule has 0 radical (unpaired) electrons. The molecule has 0 spiro atoms. The summed E-state index contributed by atoms with van der Waals surface area (Å²) < 4.78 is 1.69. The fraction of sp³-hybridized carbons (Fsp3) is 0.385. The van der Waals surface area contributed by atoms with Gasteiger partial charge in [-0.1, -0.05) is 15.9 Å². The van der Waals surface area contributed by atoms with Crippen LogP contribution in [-0.2, 0) is 4.79 Å². The van der Waals surface area contributed by atoms with Crippen molar-refractivity contribution in [2.24, 2.45) is 0 Å². The molecule has 0 aliphatic rings. The van der Waals surface area contributed by atoms with Crippen LogP contribution in [0.3, 0.4) is 0 Å². The molecule has 3 N–H and O–H groups in total. The number of carbonyl (C=O) groups is 2. The van der Waals surface area contributed by atoms with Crippen LogP contribution in [-0.4, -0.2) is 23.1 Å². The van der Waals surface area contributed by atoms with Crippen molar-refractivity contribution >= 4 is 49.5 Å². The Labute approximate surface area is 134 Å². The van der Waals surface area contributed by atoms with E-state index in [4.69, 9.17) is 5.11 Å². The minimum atomic E-state index is -0.819. The third-order valence-corrected chi connectivity index (χ3v) is 3.73. The number of hydrogen-bond acceptors (Lipinski definition) is 2. The lowest BCUT2D eigenvalue weighted by Gasteiger charge is -2.15. The average molecular weight is 408 g/mol. The number of rotatable bonds is 6. The van der Waals surface area contributed by atoms with E-state index in [-0.39, 0.29) is 18.5 Å². The molecule has 1 aromatic carbocycles. The molecule has 0 saturated heterocycles. The molecule has 110 valence electrons. The summed E-state index contributed by atoms with van der Waals surface area (Å²) in [5.74, 6) is -0.819. The SMILES string of the molecule is CC(CCCC(=O)O)NC(=O)Nc1ccc(Br)cc1Br. The molecule has 1 unspecified atom stereocenters. The molecule has 0 fully saturated rings. The third kappa shape index (κ3) is 6.38. The number of nitrogens with one attached hydrogen (secondary N) is 2. The van der Waals surface area contributed by atoms with Gasteiger partial charge in [-0.3, -0.25) is 4.79 Å². The first-order chi connectivity index (χ1) is 9.38. The van der Waals surface area contributed by atoms with Crippen LogP contribution in [0.4, 0.5) is 10.5 Å². The molecular formula is C13H16Br2N2O3. The van der Waals surface area contributed by atoms with E-state index in [2.05, 4.69) is 42.5 Å². The lowest BCUT2D eigenvalue weighted by atomic mass is 10.1. The van der Waals surface area contributed by atoms with Gasteiger partial charge in [-0.2, -0.15) is 0 Å². The van der Waals surface area contributed by atoms with E-state index in [1.807, 2.05) is 19.1 Å². The molecular weight excluding hydrogens is 392 g/mol. The second-order valence-corrected chi connectivity index (χ2v) is 6.18. The van der Waals surface area contributed by atoms with Gasteiger partial charge in [-0.25, -0.2) is 4.79 Å². The van der Waals surface area contributed by atoms with Crippen LogP contribution in [0.5, 0.6) is 0 Å². The Hall–Kier alpha value is -1.08. The molecule has 7 heteroatoms. The van der Waals surface area contributed by atoms with Crippen LogP contribution in [0.15, 0.2) is 27.1 Å². The highest BCUT2D eigenvalue weighted by Gasteiger charge is 2.10. The molecule has 1 rings (SSSR count). The molecule has 20 heavy (non-hydrogen) atoms. The van der Waals surface area contributed by atoms with Crippen molar-refractivity contribution in [3.63, 3.8) is 0 Å². The minimum Gasteiger partial charge on any atom is -0.481 e. The molecule has 0 saturated carbocycles. The van der Waals surface area contributed by atoms with E-state index in [0.29, 0.717) is 18.5 Å². The Bertz CT molecular complexity index is 495. The number of carbonyl (C=O) groups excluding carboxylic acids is 1. The minimum absolute atomic E-state index is 0.0800. The van der Waals surface area contributed by atoms with Gasteiger partial charge in [-0.15, -0.1) is 0 Å². The topological polar surface area (TPSA) is 78.4 Å². The monoisotopic (exact) mass is 406 g/mol. The zero-order valence-electron chi connectivity index (χ0n) is 11.0. The van der Waals surface area contributed by atoms with Crippen molar-refractivity contribution in [2.45, 2.75) is 32.2 Å². The van der Waals surface area contributed by atoms with Crippen molar-refractivity contribution in [3.05, 3.63) is 27.1 Å². The van der Waals surface area contributed by atoms with Gasteiger partial charge in [0.05, 0.1) is 5.69 Å². The van der Waals surface area contributed by atoms with Gasteiger partial charge in [0, 0.05) is 21.4 Å². The first-order valence-electron chi connectivity index (χ1n) is 6.13. The van der Waals surface area contributed by atoms with Crippen molar-refractivity contribution in [1.29, 1.82) is 0 Å². The molecule has 0 aliphatic heterocycles. The number of aliphatic carboxylic acids is 1. The molecule has 1 atom stereocenters. The summed E-state index contributed by atoms with van der Waals surface area (Å²) >= 11 is 6.70. The maximum absolute atomic E-state index is 11.8. The molecule has 0 aromatic heterocycles. The van der Waals surface area contributed by atoms with Gasteiger partial charge in [-0.05, 0) is 53.9 Å². The standard InChI is InChI=1S/C13H16Br2N2O3/c1-8(3-2-4-12(18)19)16-13(20)17-11-6-5-9(14)7-10(11)15/h5-8H,2-4H2,1H3,(H,18,19)(H2,16,17,20). The predicted molar refractivity (Wildman–Crippen MR) is 84.9 cm³/mol. The third-order valence-electron chi connectivity index (χ3n) is 2.58. The zero-order chi connectivity index (χ0) is 15.1. The van der Waals surface area contributed by atoms with Gasteiger partial charge < -0.3 is 15.7 Å². The number of hydrogen-bond donors (Lipinski definition) is 3. The number of halogens is 2. The van der Waals surface area contributed by atoms with E-state index in [1.54, 1.807) is 6.07 Å². The lowest BCUT2D eigenvalue weighted by molar-refractivity contribution is -0.137. The van der Waals surface area contributed by atoms with E-state index in [0.717, 1.165) is 8.95 Å². The maximum Gasteiger partial charge on any atom is 0.319 e. The van der Waals surface area contributed by atoms with Gasteiger partial charge in [0.25, 0.3) is 0 Å². The highest BCUT2D eigenvalue weighted by molar-refractivity contribution is 9.11. The molecule has 2 amide bonds. The fourth-order valence-corrected chi connectivity index (χ4v) is 2.75. The summed E-state index contributed by atoms with van der Waals surface area (Å²) in [6.45, 7) is 1.85. The number of benzene rings is 1. The summed E-state index contributed by atoms with van der Waals surface area (Å²) in [7, 11) is 0. The Morgan fingerprint density at radius 2 is 2.05 bits per heavy atom. The van der Waals surface area contributed by atoms with Crippen LogP contribution in [0, 0.1) is 0 Å². The quantitative estimate of drug-likeness (QED) is 0.667. The van der Waals surface area contributed by atoms with E-state index < -0.39 is 5.97 Å². The molecule has 0 bridgehead atoms. The van der Waals surface area contributed by atoms with Crippen LogP contribution in [0.2, 0.25) is 0 Å². The Morgan fingerprint density at radius 3 is 2.65 bits per heavy atom. The predicted octanol–water partition coefficient (Wildman–Crippen LogP) is 3.98. The molecule has 1 aromatic rings. The summed E-state index contributed by atoms with van der Waals surface area (Å²) in [4.78, 5) is 22.2. The zero-order valence-corrected chi connectivity index (χ0v) is 14.1. The number of carboxylic acid groups (broad SMARTS) is 1. The summed E-state index contributed by atoms with van der Waals surface area (Å²) in [5.41, 5.74) is 0.670. The molecule has 5 nitrogen and oxygen atoms in total. The second-order valence-electron chi connectivity index (χ2n) is 4.41. The highest BCUT2D eigenvalue weighted by atomic mass is 79.9. The second kappa shape index (κ2) is 8.26. The Balaban J connectivity index is 2.41. The molecule has 0 heterocycles. The van der Waals surface area contributed by atoms with Crippen LogP contribution in [0.1, 0.15) is 26.2 Å². The van der Waals surface area contributed by atoms with Crippen molar-refractivity contribution < 1.29 is 14.7 Å². The smallest absolute Gasteiger partial charge is 0.319 e. The number of carboxylic acids is 1. The molecule has 0 aliphatic carbocycles. The van der Waals surface area contributed by atoms with Gasteiger partial charge in [0.15, 0.2) is 0 Å². The van der Waals surface area contributed by atoms with Crippen LogP contribution >= 0.6 is 31.9 Å². The van der Waals surface area contributed by atoms with Crippen LogP contribution in [0.25, 0.3) is 0 Å². The summed E-state index contributed by atoms with van der Waals surface area (Å²) in [6, 6.07) is 5.06. The maximum atomic E-state index is 11.8. The number of urea groups is 1. The highest BCUT2D eigenvalue weighted by Crippen LogP contribution is 2.26. The van der Waals surface area contributed by atoms with E-state index in [1.165, 1.54) is 0 Å². The van der Waals surface area contributed by atoms with Gasteiger partial charge >= 0.3 is 12.0 Å². The van der Waals surface area contributed by atoms with Crippen LogP contribution < -0.4 is 10.6 Å². The average Bonchev–Trinajstić information content (AvgIpc) is 2.32. The summed E-state index contributed by atoms with van der Waals surface area (Å²) in [6.07, 6.45) is 1.28. The first kappa shape index (κ1) is 17.0. The van der Waals surface area contributed by atoms with Gasteiger partial charge in [0.1, 0.15) is 0 Å². The number of amides is 2. The Kier molecular flexibility index (Phi) is 7.01. The van der Waals surface area contributed by atoms with Gasteiger partial charge in [0.2, 0.25) is 0 Å². The van der Waals surface area contributed by atoms with Crippen molar-refractivity contribution in [3.8, 4) is 0 Å². The normalized spacial score (nSPS) is 11.8. The Morgan fingerprint density at radius 1 is 1.35 bits per heavy atom. The summed E-state index contributed by atoms with van der Waals surface area (Å²) in [5, 5.41) is 14.0. The van der Waals surface area contributed by atoms with E-state index >= 15 is 0 Å². The number of anilines is 1. The van der Waals surface area contributed by atoms with Crippen molar-refractivity contribution in [1.82, 2.24) is 5.32 Å². The van der Waals surface area contributed by atoms with Crippen molar-refractivity contribution in [2.75, 3.05) is 5.32 Å². The largest absolute Gasteiger partial charge is 0.481 e. The lowest BCUT2D eigenvalue weighted by Crippen LogP contribution is -2.36. The fourth-order valence-electron chi connectivity index (χ4n) is 1.60. The van der Waals surface area contributed by atoms with E-state index in [9.17, 15) is 9.59 Å². The first-order valence-corrected chi connectivity index (χ1v) is 7.71.